The van der Waals surface area contributed by atoms with Gasteiger partial charge < -0.3 is 9.47 Å². The van der Waals surface area contributed by atoms with Crippen LogP contribution in [0.1, 0.15) is 27.3 Å². The van der Waals surface area contributed by atoms with E-state index in [0.29, 0.717) is 28.7 Å². The van der Waals surface area contributed by atoms with Crippen LogP contribution in [0.25, 0.3) is 16.9 Å². The molecule has 7 nitrogen and oxygen atoms in total. The topological polar surface area (TPSA) is 78.3 Å². The van der Waals surface area contributed by atoms with Gasteiger partial charge in [-0.3, -0.25) is 10.1 Å². The van der Waals surface area contributed by atoms with Crippen molar-refractivity contribution in [1.29, 1.82) is 0 Å². The smallest absolute Gasteiger partial charge is 0.278 e. The molecule has 0 aliphatic heterocycles. The highest BCUT2D eigenvalue weighted by atomic mass is 32.1. The van der Waals surface area contributed by atoms with Gasteiger partial charge in [0.1, 0.15) is 0 Å². The van der Waals surface area contributed by atoms with Gasteiger partial charge in [0.15, 0.2) is 22.3 Å². The minimum absolute atomic E-state index is 0.271. The summed E-state index contributed by atoms with van der Waals surface area (Å²) < 4.78 is 12.8. The quantitative estimate of drug-likeness (QED) is 0.443. The number of hydrogen-bond acceptors (Lipinski definition) is 6. The number of hydrogen-bond donors (Lipinski definition) is 1. The van der Waals surface area contributed by atoms with E-state index in [1.54, 1.807) is 14.2 Å². The van der Waals surface area contributed by atoms with Gasteiger partial charge in [-0.05, 0) is 36.8 Å². The van der Waals surface area contributed by atoms with Crippen LogP contribution < -0.4 is 14.8 Å². The Kier molecular flexibility index (Phi) is 4.71. The molecule has 8 heteroatoms. The fourth-order valence-corrected chi connectivity index (χ4v) is 4.56. The van der Waals surface area contributed by atoms with Gasteiger partial charge in [0.05, 0.1) is 31.3 Å². The molecule has 5 rings (SSSR count). The van der Waals surface area contributed by atoms with Crippen LogP contribution in [0, 0.1) is 6.92 Å². The van der Waals surface area contributed by atoms with Crippen molar-refractivity contribution in [3.05, 3.63) is 70.4 Å². The molecule has 4 aromatic rings. The number of amides is 1. The van der Waals surface area contributed by atoms with Crippen molar-refractivity contribution in [2.24, 2.45) is 0 Å². The molecule has 1 amide bonds. The zero-order valence-electron chi connectivity index (χ0n) is 17.3. The molecule has 0 unspecified atom stereocenters. The van der Waals surface area contributed by atoms with Crippen LogP contribution in [0.4, 0.5) is 5.13 Å². The van der Waals surface area contributed by atoms with E-state index in [2.05, 4.69) is 10.3 Å². The molecule has 2 aromatic carbocycles. The lowest BCUT2D eigenvalue weighted by Gasteiger charge is -2.12. The zero-order chi connectivity index (χ0) is 21.5. The van der Waals surface area contributed by atoms with Gasteiger partial charge in [-0.2, -0.15) is 5.10 Å². The molecule has 156 valence electrons. The second-order valence-corrected chi connectivity index (χ2v) is 8.07. The lowest BCUT2D eigenvalue weighted by molar-refractivity contribution is 0.102. The lowest BCUT2D eigenvalue weighted by atomic mass is 10.1. The number of anilines is 1. The first-order chi connectivity index (χ1) is 15.1. The summed E-state index contributed by atoms with van der Waals surface area (Å²) >= 11 is 1.40. The molecule has 1 aliphatic carbocycles. The molecule has 1 N–H and O–H groups in total. The Morgan fingerprint density at radius 2 is 1.87 bits per heavy atom. The molecule has 31 heavy (non-hydrogen) atoms. The SMILES string of the molecule is COc1cc2c(cc1OC)-c1c(c(C(=O)Nc3nc(C)cs3)nn1-c1ccccc1)C2. The number of methoxy groups -OCH3 is 2. The minimum Gasteiger partial charge on any atom is -0.493 e. The summed E-state index contributed by atoms with van der Waals surface area (Å²) in [6, 6.07) is 13.7. The van der Waals surface area contributed by atoms with E-state index >= 15 is 0 Å². The first kappa shape index (κ1) is 19.3. The number of para-hydroxylation sites is 1. The van der Waals surface area contributed by atoms with Crippen molar-refractivity contribution in [1.82, 2.24) is 14.8 Å². The third kappa shape index (κ3) is 3.25. The molecule has 0 saturated carbocycles. The summed E-state index contributed by atoms with van der Waals surface area (Å²) in [7, 11) is 3.23. The molecule has 0 saturated heterocycles. The van der Waals surface area contributed by atoms with Gasteiger partial charge in [0.2, 0.25) is 0 Å². The average Bonchev–Trinajstić information content (AvgIpc) is 3.47. The molecule has 0 bridgehead atoms. The number of rotatable bonds is 5. The van der Waals surface area contributed by atoms with Crippen molar-refractivity contribution >= 4 is 22.4 Å². The minimum atomic E-state index is -0.271. The zero-order valence-corrected chi connectivity index (χ0v) is 18.1. The Balaban J connectivity index is 1.66. The number of ether oxygens (including phenoxy) is 2. The van der Waals surface area contributed by atoms with Gasteiger partial charge in [-0.15, -0.1) is 11.3 Å². The van der Waals surface area contributed by atoms with Crippen LogP contribution in [0.3, 0.4) is 0 Å². The summed E-state index contributed by atoms with van der Waals surface area (Å²) in [6.07, 6.45) is 0.581. The maximum absolute atomic E-state index is 13.2. The van der Waals surface area contributed by atoms with Crippen LogP contribution in [0.5, 0.6) is 11.5 Å². The van der Waals surface area contributed by atoms with Crippen molar-refractivity contribution in [2.75, 3.05) is 19.5 Å². The van der Waals surface area contributed by atoms with E-state index in [4.69, 9.17) is 14.6 Å². The maximum Gasteiger partial charge on any atom is 0.278 e. The lowest BCUT2D eigenvalue weighted by Crippen LogP contribution is -2.15. The summed E-state index contributed by atoms with van der Waals surface area (Å²) in [4.78, 5) is 17.5. The molecule has 0 atom stereocenters. The predicted molar refractivity (Wildman–Crippen MR) is 120 cm³/mol. The van der Waals surface area contributed by atoms with Crippen LogP contribution in [0.2, 0.25) is 0 Å². The van der Waals surface area contributed by atoms with Crippen molar-refractivity contribution in [2.45, 2.75) is 13.3 Å². The largest absolute Gasteiger partial charge is 0.493 e. The number of fused-ring (bicyclic) bond motifs is 3. The van der Waals surface area contributed by atoms with Gasteiger partial charge in [-0.1, -0.05) is 18.2 Å². The number of aryl methyl sites for hydroxylation is 1. The Hall–Kier alpha value is -3.65. The average molecular weight is 433 g/mol. The summed E-state index contributed by atoms with van der Waals surface area (Å²) in [5, 5.41) is 10.1. The molecule has 0 spiro atoms. The molecule has 0 fully saturated rings. The first-order valence-corrected chi connectivity index (χ1v) is 10.6. The highest BCUT2D eigenvalue weighted by Gasteiger charge is 2.32. The number of carbonyl (C=O) groups is 1. The van der Waals surface area contributed by atoms with E-state index in [1.165, 1.54) is 11.3 Å². The number of aromatic nitrogens is 3. The van der Waals surface area contributed by atoms with Crippen LogP contribution in [-0.2, 0) is 6.42 Å². The summed E-state index contributed by atoms with van der Waals surface area (Å²) in [5.41, 5.74) is 5.95. The van der Waals surface area contributed by atoms with E-state index in [9.17, 15) is 4.79 Å². The molecule has 0 radical (unpaired) electrons. The van der Waals surface area contributed by atoms with Gasteiger partial charge >= 0.3 is 0 Å². The van der Waals surface area contributed by atoms with E-state index in [0.717, 1.165) is 33.8 Å². The van der Waals surface area contributed by atoms with Crippen LogP contribution in [-0.4, -0.2) is 34.9 Å². The highest BCUT2D eigenvalue weighted by Crippen LogP contribution is 2.44. The number of thiazole rings is 1. The van der Waals surface area contributed by atoms with Crippen molar-refractivity contribution < 1.29 is 14.3 Å². The van der Waals surface area contributed by atoms with Crippen molar-refractivity contribution in [3.8, 4) is 28.4 Å². The van der Waals surface area contributed by atoms with Gasteiger partial charge in [-0.25, -0.2) is 9.67 Å². The Labute approximate surface area is 183 Å². The molecule has 1 aliphatic rings. The number of benzene rings is 2. The summed E-state index contributed by atoms with van der Waals surface area (Å²) in [5.74, 6) is 1.03. The third-order valence-corrected chi connectivity index (χ3v) is 6.15. The molecule has 2 heterocycles. The van der Waals surface area contributed by atoms with Gasteiger partial charge in [0, 0.05) is 22.9 Å². The van der Waals surface area contributed by atoms with Crippen LogP contribution >= 0.6 is 11.3 Å². The standard InChI is InChI=1S/C23H20N4O3S/c1-13-12-31-23(24-13)25-22(28)20-17-9-14-10-18(29-2)19(30-3)11-16(14)21(17)27(26-20)15-7-5-4-6-8-15/h4-8,10-12H,9H2,1-3H3,(H,24,25,28). The number of carbonyl (C=O) groups excluding carboxylic acids is 1. The number of nitrogens with zero attached hydrogens (tertiary/aromatic N) is 3. The second-order valence-electron chi connectivity index (χ2n) is 7.21. The van der Waals surface area contributed by atoms with Crippen molar-refractivity contribution in [3.63, 3.8) is 0 Å². The Morgan fingerprint density at radius 3 is 2.55 bits per heavy atom. The molecule has 2 aromatic heterocycles. The van der Waals surface area contributed by atoms with Gasteiger partial charge in [0.25, 0.3) is 5.91 Å². The highest BCUT2D eigenvalue weighted by molar-refractivity contribution is 7.13. The number of nitrogens with one attached hydrogen (secondary N) is 1. The molecular formula is C23H20N4O3S. The first-order valence-electron chi connectivity index (χ1n) is 9.75. The fraction of sp³-hybridized carbons (Fsp3) is 0.174. The summed E-state index contributed by atoms with van der Waals surface area (Å²) in [6.45, 7) is 1.89. The maximum atomic E-state index is 13.2. The third-order valence-electron chi connectivity index (χ3n) is 5.27. The Morgan fingerprint density at radius 1 is 1.13 bits per heavy atom. The normalized spacial score (nSPS) is 11.7. The van der Waals surface area contributed by atoms with E-state index in [1.807, 2.05) is 59.5 Å². The van der Waals surface area contributed by atoms with E-state index < -0.39 is 0 Å². The predicted octanol–water partition coefficient (Wildman–Crippen LogP) is 4.48. The molecular weight excluding hydrogens is 412 g/mol. The monoisotopic (exact) mass is 432 g/mol. The van der Waals surface area contributed by atoms with Crippen LogP contribution in [0.15, 0.2) is 47.8 Å². The second kappa shape index (κ2) is 7.55. The fourth-order valence-electron chi connectivity index (χ4n) is 3.88. The van der Waals surface area contributed by atoms with E-state index in [-0.39, 0.29) is 5.91 Å². The Bertz CT molecular complexity index is 1290.